The number of rotatable bonds is 5. The predicted octanol–water partition coefficient (Wildman–Crippen LogP) is 2.36. The molecule has 1 aromatic carbocycles. The minimum Gasteiger partial charge on any atom is -0.496 e. The number of allylic oxidation sites excluding steroid dienone is 1. The van der Waals surface area contributed by atoms with Gasteiger partial charge in [-0.3, -0.25) is 4.79 Å². The molecular formula is C14H19NO2. The second-order valence-electron chi connectivity index (χ2n) is 4.25. The van der Waals surface area contributed by atoms with Crippen molar-refractivity contribution >= 4 is 11.9 Å². The average Bonchev–Trinajstić information content (AvgIpc) is 2.25. The van der Waals surface area contributed by atoms with Gasteiger partial charge in [-0.05, 0) is 44.8 Å². The summed E-state index contributed by atoms with van der Waals surface area (Å²) in [6, 6.07) is 5.91. The normalized spacial score (nSPS) is 11.1. The van der Waals surface area contributed by atoms with Crippen molar-refractivity contribution in [2.45, 2.75) is 13.5 Å². The molecule has 3 heteroatoms. The highest BCUT2D eigenvalue weighted by molar-refractivity contribution is 5.91. The SMILES string of the molecule is COc1ccc(/C=C/C(C)=O)cc1CN(C)C. The van der Waals surface area contributed by atoms with Gasteiger partial charge in [0.15, 0.2) is 5.78 Å². The highest BCUT2D eigenvalue weighted by Gasteiger charge is 2.04. The molecule has 0 fully saturated rings. The molecule has 17 heavy (non-hydrogen) atoms. The second kappa shape index (κ2) is 6.21. The maximum absolute atomic E-state index is 10.9. The Morgan fingerprint density at radius 1 is 1.41 bits per heavy atom. The van der Waals surface area contributed by atoms with E-state index in [1.165, 1.54) is 0 Å². The summed E-state index contributed by atoms with van der Waals surface area (Å²) in [6.45, 7) is 2.35. The van der Waals surface area contributed by atoms with E-state index >= 15 is 0 Å². The first-order chi connectivity index (χ1) is 8.02. The van der Waals surface area contributed by atoms with Gasteiger partial charge in [-0.15, -0.1) is 0 Å². The molecule has 0 aliphatic rings. The topological polar surface area (TPSA) is 29.5 Å². The van der Waals surface area contributed by atoms with Crippen LogP contribution in [0.15, 0.2) is 24.3 Å². The Hall–Kier alpha value is -1.61. The summed E-state index contributed by atoms with van der Waals surface area (Å²) < 4.78 is 5.31. The molecule has 3 nitrogen and oxygen atoms in total. The molecule has 0 aliphatic carbocycles. The number of methoxy groups -OCH3 is 1. The fourth-order valence-corrected chi connectivity index (χ4v) is 1.58. The molecule has 1 rings (SSSR count). The molecule has 0 N–H and O–H groups in total. The zero-order valence-electron chi connectivity index (χ0n) is 10.9. The lowest BCUT2D eigenvalue weighted by atomic mass is 10.1. The summed E-state index contributed by atoms with van der Waals surface area (Å²) in [5, 5.41) is 0. The van der Waals surface area contributed by atoms with Crippen LogP contribution in [0.5, 0.6) is 5.75 Å². The molecule has 1 aromatic rings. The Kier molecular flexibility index (Phi) is 4.91. The van der Waals surface area contributed by atoms with Crippen molar-refractivity contribution in [3.8, 4) is 5.75 Å². The number of ketones is 1. The quantitative estimate of drug-likeness (QED) is 0.731. The summed E-state index contributed by atoms with van der Waals surface area (Å²) in [5.74, 6) is 0.925. The zero-order valence-corrected chi connectivity index (χ0v) is 10.9. The van der Waals surface area contributed by atoms with Crippen molar-refractivity contribution in [3.63, 3.8) is 0 Å². The third-order valence-electron chi connectivity index (χ3n) is 2.30. The van der Waals surface area contributed by atoms with Crippen LogP contribution in [0.4, 0.5) is 0 Å². The van der Waals surface area contributed by atoms with E-state index in [0.29, 0.717) is 0 Å². The summed E-state index contributed by atoms with van der Waals surface area (Å²) in [4.78, 5) is 13.0. The smallest absolute Gasteiger partial charge is 0.152 e. The molecule has 92 valence electrons. The van der Waals surface area contributed by atoms with Crippen molar-refractivity contribution in [1.82, 2.24) is 4.90 Å². The van der Waals surface area contributed by atoms with Crippen LogP contribution >= 0.6 is 0 Å². The Balaban J connectivity index is 2.99. The van der Waals surface area contributed by atoms with Crippen molar-refractivity contribution in [2.75, 3.05) is 21.2 Å². The maximum atomic E-state index is 10.9. The van der Waals surface area contributed by atoms with E-state index in [0.717, 1.165) is 23.4 Å². The molecule has 0 atom stereocenters. The summed E-state index contributed by atoms with van der Waals surface area (Å²) in [5.41, 5.74) is 2.13. The first kappa shape index (κ1) is 13.5. The van der Waals surface area contributed by atoms with E-state index in [4.69, 9.17) is 4.74 Å². The lowest BCUT2D eigenvalue weighted by Crippen LogP contribution is -2.11. The third-order valence-corrected chi connectivity index (χ3v) is 2.30. The molecule has 0 unspecified atom stereocenters. The number of carbonyl (C=O) groups excluding carboxylic acids is 1. The summed E-state index contributed by atoms with van der Waals surface area (Å²) >= 11 is 0. The molecule has 0 aromatic heterocycles. The molecule has 0 radical (unpaired) electrons. The van der Waals surface area contributed by atoms with Crippen LogP contribution in [-0.2, 0) is 11.3 Å². The van der Waals surface area contributed by atoms with Gasteiger partial charge >= 0.3 is 0 Å². The van der Waals surface area contributed by atoms with E-state index in [1.807, 2.05) is 38.4 Å². The first-order valence-electron chi connectivity index (χ1n) is 5.53. The van der Waals surface area contributed by atoms with Crippen LogP contribution in [0.1, 0.15) is 18.1 Å². The minimum atomic E-state index is 0.0509. The lowest BCUT2D eigenvalue weighted by molar-refractivity contribution is -0.112. The van der Waals surface area contributed by atoms with Crippen molar-refractivity contribution in [2.24, 2.45) is 0 Å². The van der Waals surface area contributed by atoms with Gasteiger partial charge in [-0.25, -0.2) is 0 Å². The van der Waals surface area contributed by atoms with Crippen molar-refractivity contribution < 1.29 is 9.53 Å². The largest absolute Gasteiger partial charge is 0.496 e. The monoisotopic (exact) mass is 233 g/mol. The van der Waals surface area contributed by atoms with E-state index in [1.54, 1.807) is 20.1 Å². The number of benzene rings is 1. The van der Waals surface area contributed by atoms with E-state index in [9.17, 15) is 4.79 Å². The van der Waals surface area contributed by atoms with Crippen molar-refractivity contribution in [3.05, 3.63) is 35.4 Å². The van der Waals surface area contributed by atoms with Crippen molar-refractivity contribution in [1.29, 1.82) is 0 Å². The Bertz CT molecular complexity index is 422. The fourth-order valence-electron chi connectivity index (χ4n) is 1.58. The molecule has 0 amide bonds. The zero-order chi connectivity index (χ0) is 12.8. The van der Waals surface area contributed by atoms with Crippen LogP contribution in [0.2, 0.25) is 0 Å². The van der Waals surface area contributed by atoms with Gasteiger partial charge in [0.25, 0.3) is 0 Å². The molecule has 0 saturated heterocycles. The molecule has 0 heterocycles. The molecule has 0 aliphatic heterocycles. The van der Waals surface area contributed by atoms with Crippen LogP contribution in [0.25, 0.3) is 6.08 Å². The van der Waals surface area contributed by atoms with E-state index in [-0.39, 0.29) is 5.78 Å². The number of ether oxygens (including phenoxy) is 1. The third kappa shape index (κ3) is 4.41. The first-order valence-corrected chi connectivity index (χ1v) is 5.53. The second-order valence-corrected chi connectivity index (χ2v) is 4.25. The minimum absolute atomic E-state index is 0.0509. The van der Waals surface area contributed by atoms with Gasteiger partial charge in [0.1, 0.15) is 5.75 Å². The highest BCUT2D eigenvalue weighted by Crippen LogP contribution is 2.21. The van der Waals surface area contributed by atoms with Crippen LogP contribution in [0, 0.1) is 0 Å². The molecular weight excluding hydrogens is 214 g/mol. The highest BCUT2D eigenvalue weighted by atomic mass is 16.5. The number of hydrogen-bond acceptors (Lipinski definition) is 3. The molecule has 0 saturated carbocycles. The van der Waals surface area contributed by atoms with Gasteiger partial charge in [0.2, 0.25) is 0 Å². The van der Waals surface area contributed by atoms with Gasteiger partial charge in [0, 0.05) is 12.1 Å². The average molecular weight is 233 g/mol. The van der Waals surface area contributed by atoms with Crippen LogP contribution in [-0.4, -0.2) is 31.9 Å². The van der Waals surface area contributed by atoms with E-state index in [2.05, 4.69) is 4.90 Å². The molecule has 0 bridgehead atoms. The van der Waals surface area contributed by atoms with Gasteiger partial charge in [-0.1, -0.05) is 12.1 Å². The fraction of sp³-hybridized carbons (Fsp3) is 0.357. The number of nitrogens with zero attached hydrogens (tertiary/aromatic N) is 1. The van der Waals surface area contributed by atoms with Gasteiger partial charge in [0.05, 0.1) is 7.11 Å². The van der Waals surface area contributed by atoms with Gasteiger partial charge < -0.3 is 9.64 Å². The van der Waals surface area contributed by atoms with E-state index < -0.39 is 0 Å². The summed E-state index contributed by atoms with van der Waals surface area (Å²) in [7, 11) is 5.69. The van der Waals surface area contributed by atoms with Crippen LogP contribution < -0.4 is 4.74 Å². The Morgan fingerprint density at radius 2 is 2.12 bits per heavy atom. The van der Waals surface area contributed by atoms with Crippen LogP contribution in [0.3, 0.4) is 0 Å². The predicted molar refractivity (Wildman–Crippen MR) is 70.1 cm³/mol. The number of hydrogen-bond donors (Lipinski definition) is 0. The standard InChI is InChI=1S/C14H19NO2/c1-11(16)5-6-12-7-8-14(17-4)13(9-12)10-15(2)3/h5-9H,10H2,1-4H3/b6-5+. The van der Waals surface area contributed by atoms with Gasteiger partial charge in [-0.2, -0.15) is 0 Å². The lowest BCUT2D eigenvalue weighted by Gasteiger charge is -2.14. The number of carbonyl (C=O) groups is 1. The Morgan fingerprint density at radius 3 is 2.65 bits per heavy atom. The maximum Gasteiger partial charge on any atom is 0.152 e. The molecule has 0 spiro atoms. The Labute approximate surface area is 103 Å². The summed E-state index contributed by atoms with van der Waals surface area (Å²) in [6.07, 6.45) is 3.39.